The molecular weight excluding hydrogens is 226 g/mol. The van der Waals surface area contributed by atoms with E-state index in [2.05, 4.69) is 34.3 Å². The molecule has 0 spiro atoms. The van der Waals surface area contributed by atoms with Gasteiger partial charge in [-0.2, -0.15) is 5.10 Å². The highest BCUT2D eigenvalue weighted by Crippen LogP contribution is 2.22. The molecule has 2 aromatic rings. The quantitative estimate of drug-likeness (QED) is 0.887. The lowest BCUT2D eigenvalue weighted by atomic mass is 9.96. The monoisotopic (exact) mass is 243 g/mol. The average Bonchev–Trinajstić information content (AvgIpc) is 2.81. The molecule has 0 aliphatic carbocycles. The fraction of sp³-hybridized carbons (Fsp3) is 0.357. The van der Waals surface area contributed by atoms with Crippen LogP contribution in [0.15, 0.2) is 42.7 Å². The first-order chi connectivity index (χ1) is 8.62. The Labute approximate surface area is 106 Å². The summed E-state index contributed by atoms with van der Waals surface area (Å²) < 4.78 is 1.85. The second-order valence-corrected chi connectivity index (χ2v) is 5.26. The van der Waals surface area contributed by atoms with Crippen LogP contribution in [-0.2, 0) is 6.54 Å². The molecule has 0 radical (unpaired) electrons. The van der Waals surface area contributed by atoms with Gasteiger partial charge in [0.05, 0.1) is 11.3 Å². The van der Waals surface area contributed by atoms with Crippen LogP contribution in [0.3, 0.4) is 0 Å². The van der Waals surface area contributed by atoms with E-state index in [9.17, 15) is 5.11 Å². The van der Waals surface area contributed by atoms with Gasteiger partial charge < -0.3 is 5.11 Å². The predicted molar refractivity (Wildman–Crippen MR) is 69.5 cm³/mol. The van der Waals surface area contributed by atoms with Crippen LogP contribution >= 0.6 is 0 Å². The maximum Gasteiger partial charge on any atom is 0.0872 e. The highest BCUT2D eigenvalue weighted by atomic mass is 16.3. The zero-order chi connectivity index (χ0) is 12.6. The van der Waals surface area contributed by atoms with Gasteiger partial charge in [-0.25, -0.2) is 4.68 Å². The minimum Gasteiger partial charge on any atom is -0.388 e. The lowest BCUT2D eigenvalue weighted by Gasteiger charge is -2.44. The number of benzene rings is 1. The van der Waals surface area contributed by atoms with Crippen molar-refractivity contribution in [1.29, 1.82) is 0 Å². The molecule has 0 amide bonds. The molecule has 0 bridgehead atoms. The van der Waals surface area contributed by atoms with E-state index in [-0.39, 0.29) is 0 Å². The van der Waals surface area contributed by atoms with Gasteiger partial charge >= 0.3 is 0 Å². The molecule has 1 fully saturated rings. The van der Waals surface area contributed by atoms with Crippen molar-refractivity contribution in [2.24, 2.45) is 0 Å². The van der Waals surface area contributed by atoms with E-state index in [4.69, 9.17) is 0 Å². The number of rotatable bonds is 3. The van der Waals surface area contributed by atoms with Crippen LogP contribution in [0.1, 0.15) is 12.5 Å². The second kappa shape index (κ2) is 4.23. The molecule has 0 atom stereocenters. The van der Waals surface area contributed by atoms with E-state index in [1.165, 1.54) is 5.56 Å². The molecule has 1 aromatic heterocycles. The molecule has 4 heteroatoms. The molecule has 0 unspecified atom stereocenters. The lowest BCUT2D eigenvalue weighted by molar-refractivity contribution is -0.0871. The molecule has 3 rings (SSSR count). The normalized spacial score (nSPS) is 18.6. The SMILES string of the molecule is CC1(O)CN(Cc2ccc(-n3cccn3)cc2)C1. The third kappa shape index (κ3) is 2.30. The van der Waals surface area contributed by atoms with Gasteiger partial charge in [0.25, 0.3) is 0 Å². The van der Waals surface area contributed by atoms with Crippen LogP contribution in [0, 0.1) is 0 Å². The third-order valence-electron chi connectivity index (χ3n) is 3.24. The molecule has 18 heavy (non-hydrogen) atoms. The lowest BCUT2D eigenvalue weighted by Crippen LogP contribution is -2.59. The van der Waals surface area contributed by atoms with Crippen molar-refractivity contribution >= 4 is 0 Å². The van der Waals surface area contributed by atoms with Crippen LogP contribution in [-0.4, -0.2) is 38.5 Å². The van der Waals surface area contributed by atoms with Crippen LogP contribution in [0.25, 0.3) is 5.69 Å². The number of aliphatic hydroxyl groups is 1. The highest BCUT2D eigenvalue weighted by Gasteiger charge is 2.35. The molecule has 4 nitrogen and oxygen atoms in total. The third-order valence-corrected chi connectivity index (χ3v) is 3.24. The van der Waals surface area contributed by atoms with Gasteiger partial charge in [0.15, 0.2) is 0 Å². The highest BCUT2D eigenvalue weighted by molar-refractivity contribution is 5.33. The first-order valence-corrected chi connectivity index (χ1v) is 6.16. The molecular formula is C14H17N3O. The molecule has 1 saturated heterocycles. The maximum absolute atomic E-state index is 9.68. The van der Waals surface area contributed by atoms with E-state index >= 15 is 0 Å². The topological polar surface area (TPSA) is 41.3 Å². The van der Waals surface area contributed by atoms with E-state index in [1.807, 2.05) is 23.9 Å². The van der Waals surface area contributed by atoms with E-state index in [1.54, 1.807) is 6.20 Å². The fourth-order valence-electron chi connectivity index (χ4n) is 2.46. The number of likely N-dealkylation sites (tertiary alicyclic amines) is 1. The summed E-state index contributed by atoms with van der Waals surface area (Å²) in [6, 6.07) is 10.3. The Hall–Kier alpha value is -1.65. The number of aromatic nitrogens is 2. The van der Waals surface area contributed by atoms with Crippen molar-refractivity contribution in [3.05, 3.63) is 48.3 Å². The number of β-amino-alcohol motifs (C(OH)–C–C–N with tert-alkyl or cyclic N) is 1. The van der Waals surface area contributed by atoms with Crippen molar-refractivity contribution in [2.75, 3.05) is 13.1 Å². The van der Waals surface area contributed by atoms with Crippen molar-refractivity contribution < 1.29 is 5.11 Å². The first-order valence-electron chi connectivity index (χ1n) is 6.16. The molecule has 1 aromatic carbocycles. The summed E-state index contributed by atoms with van der Waals surface area (Å²) in [6.07, 6.45) is 3.71. The molecule has 94 valence electrons. The van der Waals surface area contributed by atoms with Gasteiger partial charge in [-0.1, -0.05) is 12.1 Å². The summed E-state index contributed by atoms with van der Waals surface area (Å²) in [6.45, 7) is 4.29. The Morgan fingerprint density at radius 3 is 2.56 bits per heavy atom. The van der Waals surface area contributed by atoms with Crippen molar-refractivity contribution in [3.8, 4) is 5.69 Å². The zero-order valence-electron chi connectivity index (χ0n) is 10.5. The minimum atomic E-state index is -0.491. The van der Waals surface area contributed by atoms with Gasteiger partial charge in [-0.05, 0) is 30.7 Å². The first kappa shape index (κ1) is 11.4. The molecule has 0 saturated carbocycles. The average molecular weight is 243 g/mol. The summed E-state index contributed by atoms with van der Waals surface area (Å²) in [4.78, 5) is 2.24. The Morgan fingerprint density at radius 1 is 1.28 bits per heavy atom. The Balaban J connectivity index is 1.65. The number of hydrogen-bond acceptors (Lipinski definition) is 3. The van der Waals surface area contributed by atoms with E-state index in [0.717, 1.165) is 25.3 Å². The van der Waals surface area contributed by atoms with Gasteiger partial charge in [0, 0.05) is 32.0 Å². The Kier molecular flexibility index (Phi) is 2.69. The van der Waals surface area contributed by atoms with Crippen LogP contribution in [0.4, 0.5) is 0 Å². The standard InChI is InChI=1S/C14H17N3O/c1-14(18)10-16(11-14)9-12-3-5-13(6-4-12)17-8-2-7-15-17/h2-8,18H,9-11H2,1H3. The van der Waals surface area contributed by atoms with Crippen LogP contribution in [0.2, 0.25) is 0 Å². The summed E-state index contributed by atoms with van der Waals surface area (Å²) in [5.41, 5.74) is 1.84. The van der Waals surface area contributed by atoms with Gasteiger partial charge in [-0.3, -0.25) is 4.90 Å². The number of hydrogen-bond donors (Lipinski definition) is 1. The number of nitrogens with zero attached hydrogens (tertiary/aromatic N) is 3. The largest absolute Gasteiger partial charge is 0.388 e. The maximum atomic E-state index is 9.68. The van der Waals surface area contributed by atoms with Crippen molar-refractivity contribution in [1.82, 2.24) is 14.7 Å². The molecule has 1 N–H and O–H groups in total. The summed E-state index contributed by atoms with van der Waals surface area (Å²) in [7, 11) is 0. The summed E-state index contributed by atoms with van der Waals surface area (Å²) in [5.74, 6) is 0. The molecule has 1 aliphatic heterocycles. The smallest absolute Gasteiger partial charge is 0.0872 e. The van der Waals surface area contributed by atoms with E-state index < -0.39 is 5.60 Å². The zero-order valence-corrected chi connectivity index (χ0v) is 10.5. The molecule has 2 heterocycles. The van der Waals surface area contributed by atoms with Crippen LogP contribution in [0.5, 0.6) is 0 Å². The van der Waals surface area contributed by atoms with Gasteiger partial charge in [-0.15, -0.1) is 0 Å². The Morgan fingerprint density at radius 2 is 2.00 bits per heavy atom. The minimum absolute atomic E-state index is 0.491. The summed E-state index contributed by atoms with van der Waals surface area (Å²) >= 11 is 0. The molecule has 1 aliphatic rings. The van der Waals surface area contributed by atoms with Gasteiger partial charge in [0.1, 0.15) is 0 Å². The Bertz CT molecular complexity index is 508. The predicted octanol–water partition coefficient (Wildman–Crippen LogP) is 1.44. The summed E-state index contributed by atoms with van der Waals surface area (Å²) in [5, 5.41) is 13.9. The fourth-order valence-corrected chi connectivity index (χ4v) is 2.46. The second-order valence-electron chi connectivity index (χ2n) is 5.26. The van der Waals surface area contributed by atoms with Crippen molar-refractivity contribution in [3.63, 3.8) is 0 Å². The van der Waals surface area contributed by atoms with Gasteiger partial charge in [0.2, 0.25) is 0 Å². The van der Waals surface area contributed by atoms with Crippen LogP contribution < -0.4 is 0 Å². The van der Waals surface area contributed by atoms with E-state index in [0.29, 0.717) is 0 Å². The van der Waals surface area contributed by atoms with Crippen molar-refractivity contribution in [2.45, 2.75) is 19.1 Å².